The highest BCUT2D eigenvalue weighted by Gasteiger charge is 2.23. The fourth-order valence-electron chi connectivity index (χ4n) is 3.12. The van der Waals surface area contributed by atoms with Crippen LogP contribution < -0.4 is 15.4 Å². The Labute approximate surface area is 184 Å². The van der Waals surface area contributed by atoms with E-state index >= 15 is 0 Å². The minimum absolute atomic E-state index is 0.115. The second kappa shape index (κ2) is 11.3. The van der Waals surface area contributed by atoms with Crippen LogP contribution >= 0.6 is 0 Å². The smallest absolute Gasteiger partial charge is 0.313 e. The van der Waals surface area contributed by atoms with Gasteiger partial charge in [-0.15, -0.1) is 0 Å². The number of rotatable bonds is 9. The van der Waals surface area contributed by atoms with Gasteiger partial charge in [0, 0.05) is 16.8 Å². The van der Waals surface area contributed by atoms with Crippen LogP contribution in [-0.2, 0) is 9.59 Å². The fourth-order valence-corrected chi connectivity index (χ4v) is 3.12. The van der Waals surface area contributed by atoms with Gasteiger partial charge in [-0.3, -0.25) is 14.4 Å². The highest BCUT2D eigenvalue weighted by molar-refractivity contribution is 6.39. The van der Waals surface area contributed by atoms with Crippen LogP contribution in [0.4, 0.5) is 5.69 Å². The summed E-state index contributed by atoms with van der Waals surface area (Å²) in [6, 6.07) is 13.7. The molecule has 2 rings (SSSR count). The van der Waals surface area contributed by atoms with E-state index in [-0.39, 0.29) is 11.8 Å². The predicted molar refractivity (Wildman–Crippen MR) is 122 cm³/mol. The van der Waals surface area contributed by atoms with Gasteiger partial charge < -0.3 is 15.4 Å². The molecule has 0 saturated carbocycles. The van der Waals surface area contributed by atoms with Crippen molar-refractivity contribution < 1.29 is 19.1 Å². The Morgan fingerprint density at radius 1 is 0.903 bits per heavy atom. The van der Waals surface area contributed by atoms with Crippen molar-refractivity contribution >= 4 is 23.3 Å². The normalized spacial score (nSPS) is 11.8. The number of amides is 2. The molecule has 0 radical (unpaired) electrons. The molecule has 0 bridgehead atoms. The minimum Gasteiger partial charge on any atom is -0.493 e. The van der Waals surface area contributed by atoms with E-state index in [1.807, 2.05) is 24.3 Å². The highest BCUT2D eigenvalue weighted by Crippen LogP contribution is 2.30. The van der Waals surface area contributed by atoms with Gasteiger partial charge in [-0.05, 0) is 43.4 Å². The Kier molecular flexibility index (Phi) is 8.79. The molecule has 0 fully saturated rings. The van der Waals surface area contributed by atoms with Crippen molar-refractivity contribution in [1.82, 2.24) is 5.32 Å². The van der Waals surface area contributed by atoms with E-state index in [0.29, 0.717) is 41.9 Å². The van der Waals surface area contributed by atoms with Gasteiger partial charge in [0.15, 0.2) is 5.78 Å². The zero-order chi connectivity index (χ0) is 23.0. The van der Waals surface area contributed by atoms with Crippen LogP contribution in [0.15, 0.2) is 48.5 Å². The molecule has 0 aromatic heterocycles. The second-order valence-electron chi connectivity index (χ2n) is 8.49. The number of para-hydroxylation sites is 1. The average Bonchev–Trinajstić information content (AvgIpc) is 2.71. The molecule has 166 valence electrons. The van der Waals surface area contributed by atoms with E-state index in [4.69, 9.17) is 4.74 Å². The van der Waals surface area contributed by atoms with Crippen molar-refractivity contribution in [2.45, 2.75) is 47.1 Å². The average molecular weight is 425 g/mol. The zero-order valence-corrected chi connectivity index (χ0v) is 18.9. The maximum absolute atomic E-state index is 12.7. The topological polar surface area (TPSA) is 84.5 Å². The van der Waals surface area contributed by atoms with Crippen LogP contribution in [0.3, 0.4) is 0 Å². The standard InChI is InChI=1S/C25H32N2O4/c1-16(2)13-22(21-11-6-7-12-23(21)31-15-17(3)4)27-25(30)24(29)26-20-10-8-9-19(14-20)18(5)28/h6-12,14,16-17,22H,13,15H2,1-5H3,(H,26,29)(H,27,30)/t22-/m1/s1. The lowest BCUT2D eigenvalue weighted by molar-refractivity contribution is -0.136. The third kappa shape index (κ3) is 7.55. The van der Waals surface area contributed by atoms with E-state index < -0.39 is 11.8 Å². The maximum atomic E-state index is 12.7. The monoisotopic (exact) mass is 424 g/mol. The Bertz CT molecular complexity index is 921. The van der Waals surface area contributed by atoms with Crippen LogP contribution in [0.1, 0.15) is 63.0 Å². The largest absolute Gasteiger partial charge is 0.493 e. The number of Topliss-reactive ketones (excluding diaryl/α,β-unsaturated/α-hetero) is 1. The predicted octanol–water partition coefficient (Wildman–Crippen LogP) is 4.77. The SMILES string of the molecule is CC(=O)c1cccc(NC(=O)C(=O)N[C@H](CC(C)C)c2ccccc2OCC(C)C)c1. The molecule has 0 unspecified atom stereocenters. The van der Waals surface area contributed by atoms with Crippen molar-refractivity contribution in [3.05, 3.63) is 59.7 Å². The zero-order valence-electron chi connectivity index (χ0n) is 18.9. The molecular weight excluding hydrogens is 392 g/mol. The number of ether oxygens (including phenoxy) is 1. The molecule has 2 amide bonds. The molecule has 6 nitrogen and oxygen atoms in total. The van der Waals surface area contributed by atoms with E-state index in [0.717, 1.165) is 5.56 Å². The van der Waals surface area contributed by atoms with E-state index in [1.165, 1.54) is 6.92 Å². The van der Waals surface area contributed by atoms with Crippen molar-refractivity contribution in [3.63, 3.8) is 0 Å². The van der Waals surface area contributed by atoms with E-state index in [9.17, 15) is 14.4 Å². The first-order valence-electron chi connectivity index (χ1n) is 10.6. The molecule has 0 aliphatic carbocycles. The van der Waals surface area contributed by atoms with Crippen molar-refractivity contribution in [3.8, 4) is 5.75 Å². The van der Waals surface area contributed by atoms with Gasteiger partial charge in [0.2, 0.25) is 0 Å². The summed E-state index contributed by atoms with van der Waals surface area (Å²) in [7, 11) is 0. The summed E-state index contributed by atoms with van der Waals surface area (Å²) < 4.78 is 5.95. The minimum atomic E-state index is -0.782. The lowest BCUT2D eigenvalue weighted by Gasteiger charge is -2.23. The highest BCUT2D eigenvalue weighted by atomic mass is 16.5. The summed E-state index contributed by atoms with van der Waals surface area (Å²) in [5, 5.41) is 5.42. The van der Waals surface area contributed by atoms with Crippen molar-refractivity contribution in [1.29, 1.82) is 0 Å². The molecule has 0 spiro atoms. The van der Waals surface area contributed by atoms with Crippen LogP contribution in [0.2, 0.25) is 0 Å². The summed E-state index contributed by atoms with van der Waals surface area (Å²) in [4.78, 5) is 36.7. The number of carbonyl (C=O) groups excluding carboxylic acids is 3. The first kappa shape index (κ1) is 24.1. The van der Waals surface area contributed by atoms with Crippen LogP contribution in [0.25, 0.3) is 0 Å². The van der Waals surface area contributed by atoms with E-state index in [2.05, 4.69) is 38.3 Å². The Balaban J connectivity index is 2.17. The molecule has 31 heavy (non-hydrogen) atoms. The number of carbonyl (C=O) groups is 3. The molecule has 2 N–H and O–H groups in total. The Morgan fingerprint density at radius 2 is 1.61 bits per heavy atom. The van der Waals surface area contributed by atoms with Crippen molar-refractivity contribution in [2.24, 2.45) is 11.8 Å². The van der Waals surface area contributed by atoms with Gasteiger partial charge in [0.05, 0.1) is 12.6 Å². The van der Waals surface area contributed by atoms with Crippen molar-refractivity contribution in [2.75, 3.05) is 11.9 Å². The lowest BCUT2D eigenvalue weighted by Crippen LogP contribution is -2.38. The first-order chi connectivity index (χ1) is 14.7. The van der Waals surface area contributed by atoms with Gasteiger partial charge >= 0.3 is 11.8 Å². The maximum Gasteiger partial charge on any atom is 0.313 e. The van der Waals surface area contributed by atoms with Gasteiger partial charge in [-0.2, -0.15) is 0 Å². The van der Waals surface area contributed by atoms with Crippen LogP contribution in [0, 0.1) is 11.8 Å². The third-order valence-corrected chi connectivity index (χ3v) is 4.61. The molecular formula is C25H32N2O4. The number of anilines is 1. The molecule has 0 heterocycles. The number of nitrogens with one attached hydrogen (secondary N) is 2. The fraction of sp³-hybridized carbons (Fsp3) is 0.400. The molecule has 0 aliphatic heterocycles. The van der Waals surface area contributed by atoms with Crippen LogP contribution in [-0.4, -0.2) is 24.2 Å². The summed E-state index contributed by atoms with van der Waals surface area (Å²) in [6.07, 6.45) is 0.654. The quantitative estimate of drug-likeness (QED) is 0.449. The number of ketones is 1. The van der Waals surface area contributed by atoms with E-state index in [1.54, 1.807) is 24.3 Å². The van der Waals surface area contributed by atoms with Gasteiger partial charge in [-0.25, -0.2) is 0 Å². The van der Waals surface area contributed by atoms with Gasteiger partial charge in [0.1, 0.15) is 5.75 Å². The molecule has 0 aliphatic rings. The summed E-state index contributed by atoms with van der Waals surface area (Å²) in [5.41, 5.74) is 1.71. The van der Waals surface area contributed by atoms with Gasteiger partial charge in [0.25, 0.3) is 0 Å². The number of hydrogen-bond donors (Lipinski definition) is 2. The molecule has 2 aromatic carbocycles. The first-order valence-corrected chi connectivity index (χ1v) is 10.6. The Hall–Kier alpha value is -3.15. The molecule has 1 atom stereocenters. The third-order valence-electron chi connectivity index (χ3n) is 4.61. The number of benzene rings is 2. The molecule has 6 heteroatoms. The summed E-state index contributed by atoms with van der Waals surface area (Å²) in [6.45, 7) is 10.3. The molecule has 0 saturated heterocycles. The Morgan fingerprint density at radius 3 is 2.26 bits per heavy atom. The van der Waals surface area contributed by atoms with Crippen LogP contribution in [0.5, 0.6) is 5.75 Å². The number of hydrogen-bond acceptors (Lipinski definition) is 4. The van der Waals surface area contributed by atoms with Gasteiger partial charge in [-0.1, -0.05) is 58.0 Å². The molecule has 2 aromatic rings. The lowest BCUT2D eigenvalue weighted by atomic mass is 9.96. The summed E-state index contributed by atoms with van der Waals surface area (Å²) >= 11 is 0. The second-order valence-corrected chi connectivity index (χ2v) is 8.49. The summed E-state index contributed by atoms with van der Waals surface area (Å²) in [5.74, 6) is -0.277.